The van der Waals surface area contributed by atoms with Crippen molar-refractivity contribution in [2.24, 2.45) is 7.05 Å². The van der Waals surface area contributed by atoms with Crippen LogP contribution in [0.2, 0.25) is 0 Å². The van der Waals surface area contributed by atoms with E-state index in [9.17, 15) is 4.79 Å². The fraction of sp³-hybridized carbons (Fsp3) is 0.257. The van der Waals surface area contributed by atoms with Crippen molar-refractivity contribution in [2.45, 2.75) is 19.4 Å². The number of pyridine rings is 1. The summed E-state index contributed by atoms with van der Waals surface area (Å²) in [5.74, 6) is 0.650. The van der Waals surface area contributed by atoms with Crippen molar-refractivity contribution in [3.05, 3.63) is 103 Å². The van der Waals surface area contributed by atoms with E-state index < -0.39 is 0 Å². The van der Waals surface area contributed by atoms with Gasteiger partial charge in [0.1, 0.15) is 11.5 Å². The zero-order valence-electron chi connectivity index (χ0n) is 26.0. The zero-order valence-corrected chi connectivity index (χ0v) is 26.0. The summed E-state index contributed by atoms with van der Waals surface area (Å²) in [7, 11) is 3.58. The molecule has 2 aromatic carbocycles. The first-order valence-corrected chi connectivity index (χ1v) is 14.7. The molecule has 0 saturated carbocycles. The molecule has 2 amide bonds. The van der Waals surface area contributed by atoms with E-state index in [4.69, 9.17) is 9.84 Å². The van der Waals surface area contributed by atoms with E-state index in [1.807, 2.05) is 93.2 Å². The highest BCUT2D eigenvalue weighted by molar-refractivity contribution is 5.91. The molecular formula is C35H40N8O2. The largest absolute Gasteiger partial charge is 0.383 e. The monoisotopic (exact) mass is 604 g/mol. The predicted octanol–water partition coefficient (Wildman–Crippen LogP) is 5.42. The smallest absolute Gasteiger partial charge is 0.320 e. The molecule has 1 aliphatic rings. The second kappa shape index (κ2) is 16.6. The molecule has 0 radical (unpaired) electrons. The molecule has 0 bridgehead atoms. The molecule has 10 nitrogen and oxygen atoms in total. The number of carbonyl (C=O) groups excluding carboxylic acids is 1. The third-order valence-corrected chi connectivity index (χ3v) is 7.34. The number of carbonyl (C=O) groups is 1. The minimum absolute atomic E-state index is 0.114. The van der Waals surface area contributed by atoms with Crippen molar-refractivity contribution >= 4 is 11.8 Å². The van der Waals surface area contributed by atoms with E-state index in [2.05, 4.69) is 50.6 Å². The quantitative estimate of drug-likeness (QED) is 0.229. The average molecular weight is 605 g/mol. The zero-order chi connectivity index (χ0) is 32.0. The second-order valence-electron chi connectivity index (χ2n) is 10.5. The van der Waals surface area contributed by atoms with Crippen LogP contribution >= 0.6 is 0 Å². The summed E-state index contributed by atoms with van der Waals surface area (Å²) in [6, 6.07) is 24.0. The van der Waals surface area contributed by atoms with Gasteiger partial charge in [0.05, 0.1) is 18.5 Å². The molecule has 232 valence electrons. The van der Waals surface area contributed by atoms with Gasteiger partial charge < -0.3 is 10.1 Å². The molecule has 1 aliphatic heterocycles. The third kappa shape index (κ3) is 8.89. The number of benzene rings is 2. The van der Waals surface area contributed by atoms with E-state index in [1.165, 1.54) is 11.1 Å². The van der Waals surface area contributed by atoms with Gasteiger partial charge in [0.25, 0.3) is 0 Å². The number of aromatic nitrogens is 5. The number of anilines is 1. The maximum atomic E-state index is 12.9. The maximum Gasteiger partial charge on any atom is 0.320 e. The van der Waals surface area contributed by atoms with Crippen LogP contribution in [0.1, 0.15) is 12.0 Å². The Bertz CT molecular complexity index is 1590. The van der Waals surface area contributed by atoms with Crippen LogP contribution in [0.25, 0.3) is 28.1 Å². The lowest BCUT2D eigenvalue weighted by Gasteiger charge is -2.17. The van der Waals surface area contributed by atoms with Crippen LogP contribution in [0.4, 0.5) is 10.6 Å². The predicted molar refractivity (Wildman–Crippen MR) is 179 cm³/mol. The van der Waals surface area contributed by atoms with Crippen LogP contribution in [0, 0.1) is 19.8 Å². The van der Waals surface area contributed by atoms with E-state index in [-0.39, 0.29) is 12.1 Å². The van der Waals surface area contributed by atoms with Crippen molar-refractivity contribution in [3.63, 3.8) is 0 Å². The Morgan fingerprint density at radius 3 is 2.29 bits per heavy atom. The number of hydrogen-bond acceptors (Lipinski definition) is 6. The topological polar surface area (TPSA) is 102 Å². The van der Waals surface area contributed by atoms with E-state index in [1.54, 1.807) is 22.7 Å². The molecular weight excluding hydrogens is 564 g/mol. The summed E-state index contributed by atoms with van der Waals surface area (Å²) < 4.78 is 8.67. The molecule has 1 saturated heterocycles. The molecule has 10 heteroatoms. The van der Waals surface area contributed by atoms with E-state index in [0.29, 0.717) is 12.4 Å². The van der Waals surface area contributed by atoms with E-state index >= 15 is 0 Å². The molecule has 3 aromatic heterocycles. The Morgan fingerprint density at radius 2 is 1.64 bits per heavy atom. The number of ether oxygens (including phenoxy) is 1. The molecule has 0 spiro atoms. The average Bonchev–Trinajstić information content (AvgIpc) is 3.81. The van der Waals surface area contributed by atoms with Crippen molar-refractivity contribution < 1.29 is 9.53 Å². The van der Waals surface area contributed by atoms with Crippen LogP contribution in [0.15, 0.2) is 97.6 Å². The fourth-order valence-corrected chi connectivity index (χ4v) is 5.09. The summed E-state index contributed by atoms with van der Waals surface area (Å²) in [6.45, 7) is 5.33. The summed E-state index contributed by atoms with van der Waals surface area (Å²) >= 11 is 0. The van der Waals surface area contributed by atoms with Gasteiger partial charge in [0, 0.05) is 69.6 Å². The lowest BCUT2D eigenvalue weighted by molar-refractivity contribution is 0.160. The number of aryl methyl sites for hydroxylation is 1. The highest BCUT2D eigenvalue weighted by atomic mass is 16.5. The van der Waals surface area contributed by atoms with Gasteiger partial charge in [0.2, 0.25) is 0 Å². The Balaban J connectivity index is 0.000000273. The minimum atomic E-state index is -0.225. The first kappa shape index (κ1) is 32.7. The van der Waals surface area contributed by atoms with Crippen LogP contribution in [-0.4, -0.2) is 74.9 Å². The standard InChI is InChI=1S/C22H29N7O2.C11H9N.C2H2/c1-16-20(17-13-23-27(2)14-17)26-29(19-7-5-4-6-8-19)21(16)25-22(30)24-18-9-10-28(15-18)11-12-31-3;1-2-4-10(5-3-1)11-6-8-12-9-7-11;1-2/h4-8,13-14,18H,9-12,15H2,1-3H3,(H2,24,25,30);1-9H;1-2H/t18-;;/m0../s1. The Labute approximate surface area is 265 Å². The SMILES string of the molecule is C#C.COCCN1CC[C@H](NC(=O)Nc2c(C)c(-c3cnn(C)c3)nn2-c2ccccc2)C1.c1ccc(-c2ccncc2)cc1. The van der Waals surface area contributed by atoms with Gasteiger partial charge in [-0.25, -0.2) is 9.48 Å². The highest BCUT2D eigenvalue weighted by Crippen LogP contribution is 2.30. The maximum absolute atomic E-state index is 12.9. The number of nitrogens with one attached hydrogen (secondary N) is 2. The molecule has 0 aliphatic carbocycles. The number of likely N-dealkylation sites (tertiary alicyclic amines) is 1. The number of para-hydroxylation sites is 1. The van der Waals surface area contributed by atoms with Gasteiger partial charge in [0.15, 0.2) is 0 Å². The van der Waals surface area contributed by atoms with E-state index in [0.717, 1.165) is 48.6 Å². The highest BCUT2D eigenvalue weighted by Gasteiger charge is 2.25. The molecule has 45 heavy (non-hydrogen) atoms. The van der Waals surface area contributed by atoms with Crippen LogP contribution < -0.4 is 10.6 Å². The number of nitrogens with zero attached hydrogens (tertiary/aromatic N) is 6. The van der Waals surface area contributed by atoms with Gasteiger partial charge >= 0.3 is 6.03 Å². The number of rotatable bonds is 8. The van der Waals surface area contributed by atoms with Crippen LogP contribution in [-0.2, 0) is 11.8 Å². The lowest BCUT2D eigenvalue weighted by atomic mass is 10.1. The molecule has 1 atom stereocenters. The number of methoxy groups -OCH3 is 1. The lowest BCUT2D eigenvalue weighted by Crippen LogP contribution is -2.40. The van der Waals surface area contributed by atoms with Gasteiger partial charge in [-0.1, -0.05) is 48.5 Å². The van der Waals surface area contributed by atoms with Crippen LogP contribution in [0.3, 0.4) is 0 Å². The molecule has 1 fully saturated rings. The number of hydrogen-bond donors (Lipinski definition) is 2. The van der Waals surface area contributed by atoms with Gasteiger partial charge in [-0.3, -0.25) is 19.9 Å². The van der Waals surface area contributed by atoms with Crippen LogP contribution in [0.5, 0.6) is 0 Å². The van der Waals surface area contributed by atoms with Gasteiger partial charge in [-0.15, -0.1) is 12.8 Å². The fourth-order valence-electron chi connectivity index (χ4n) is 5.09. The third-order valence-electron chi connectivity index (χ3n) is 7.34. The molecule has 4 heterocycles. The first-order chi connectivity index (χ1) is 22.0. The summed E-state index contributed by atoms with van der Waals surface area (Å²) in [6.07, 6.45) is 16.2. The molecule has 2 N–H and O–H groups in total. The van der Waals surface area contributed by atoms with Gasteiger partial charge in [-0.05, 0) is 48.7 Å². The summed E-state index contributed by atoms with van der Waals surface area (Å²) in [5.41, 5.74) is 5.91. The minimum Gasteiger partial charge on any atom is -0.383 e. The number of terminal acetylenes is 1. The summed E-state index contributed by atoms with van der Waals surface area (Å²) in [4.78, 5) is 19.1. The van der Waals surface area contributed by atoms with Gasteiger partial charge in [-0.2, -0.15) is 10.2 Å². The number of urea groups is 1. The normalized spacial score (nSPS) is 14.0. The summed E-state index contributed by atoms with van der Waals surface area (Å²) in [5, 5.41) is 15.2. The second-order valence-corrected chi connectivity index (χ2v) is 10.5. The molecule has 0 unspecified atom stereocenters. The van der Waals surface area contributed by atoms with Crippen molar-refractivity contribution in [3.8, 4) is 40.9 Å². The number of amides is 2. The Morgan fingerprint density at radius 1 is 0.978 bits per heavy atom. The molecule has 5 aromatic rings. The first-order valence-electron chi connectivity index (χ1n) is 14.7. The Kier molecular flexibility index (Phi) is 12.0. The van der Waals surface area contributed by atoms with Crippen molar-refractivity contribution in [2.75, 3.05) is 38.7 Å². The Hall–Kier alpha value is -5.24. The van der Waals surface area contributed by atoms with Crippen molar-refractivity contribution in [1.29, 1.82) is 0 Å². The van der Waals surface area contributed by atoms with Crippen molar-refractivity contribution in [1.82, 2.24) is 34.8 Å². The molecule has 6 rings (SSSR count).